The highest BCUT2D eigenvalue weighted by Crippen LogP contribution is 2.47. The maximum Gasteiger partial charge on any atom is 0.0778 e. The molecule has 0 bridgehead atoms. The second-order valence-corrected chi connectivity index (χ2v) is 18.1. The van der Waals surface area contributed by atoms with Crippen LogP contribution in [0.3, 0.4) is 0 Å². The molecule has 1 aliphatic heterocycles. The second-order valence-electron chi connectivity index (χ2n) is 17.7. The van der Waals surface area contributed by atoms with Gasteiger partial charge in [-0.05, 0) is 133 Å². The van der Waals surface area contributed by atoms with Gasteiger partial charge in [0.25, 0.3) is 0 Å². The lowest BCUT2D eigenvalue weighted by Gasteiger charge is -2.35. The summed E-state index contributed by atoms with van der Waals surface area (Å²) >= 11 is 6.80. The molecule has 0 fully saturated rings. The first-order chi connectivity index (χ1) is 30.0. The van der Waals surface area contributed by atoms with E-state index in [1.807, 2.05) is 6.07 Å². The highest BCUT2D eigenvalue weighted by atomic mass is 35.5. The number of hydrogen-bond acceptors (Lipinski definition) is 1. The number of rotatable bonds is 5. The van der Waals surface area contributed by atoms with Crippen molar-refractivity contribution >= 4 is 60.4 Å². The first-order valence-electron chi connectivity index (χ1n) is 22.4. The van der Waals surface area contributed by atoms with E-state index in [1.165, 1.54) is 87.9 Å². The summed E-state index contributed by atoms with van der Waals surface area (Å²) in [6.07, 6.45) is 5.29. The van der Waals surface area contributed by atoms with Crippen molar-refractivity contribution in [3.8, 4) is 11.1 Å². The quantitative estimate of drug-likeness (QED) is 0.154. The van der Waals surface area contributed by atoms with Crippen molar-refractivity contribution in [2.45, 2.75) is 63.8 Å². The monoisotopic (exact) mass is 807 g/mol. The van der Waals surface area contributed by atoms with Gasteiger partial charge in [0.1, 0.15) is 0 Å². The van der Waals surface area contributed by atoms with Crippen LogP contribution < -0.4 is 0 Å². The molecule has 2 aliphatic rings. The fourth-order valence-electron chi connectivity index (χ4n) is 11.3. The van der Waals surface area contributed by atoms with Gasteiger partial charge in [-0.2, -0.15) is 0 Å². The van der Waals surface area contributed by atoms with Gasteiger partial charge in [-0.15, -0.1) is 0 Å². The number of benzene rings is 9. The predicted octanol–water partition coefficient (Wildman–Crippen LogP) is 16.5. The summed E-state index contributed by atoms with van der Waals surface area (Å²) < 4.78 is 0. The summed E-state index contributed by atoms with van der Waals surface area (Å²) in [7, 11) is 0. The average Bonchev–Trinajstić information content (AvgIpc) is 3.46. The molecule has 0 amide bonds. The van der Waals surface area contributed by atoms with Gasteiger partial charge in [0.2, 0.25) is 0 Å². The number of fused-ring (bicyclic) bond motifs is 8. The molecule has 11 rings (SSSR count). The zero-order valence-corrected chi connectivity index (χ0v) is 35.7. The molecule has 0 saturated carbocycles. The number of aryl methyl sites for hydroxylation is 1. The Morgan fingerprint density at radius 2 is 1.20 bits per heavy atom. The molecule has 0 spiro atoms. The Morgan fingerprint density at radius 1 is 0.508 bits per heavy atom. The van der Waals surface area contributed by atoms with Gasteiger partial charge in [-0.3, -0.25) is 4.99 Å². The molecule has 9 aromatic carbocycles. The van der Waals surface area contributed by atoms with E-state index in [4.69, 9.17) is 16.6 Å². The molecule has 2 heteroatoms. The first-order valence-corrected chi connectivity index (χ1v) is 22.8. The smallest absolute Gasteiger partial charge is 0.0778 e. The van der Waals surface area contributed by atoms with Gasteiger partial charge in [-0.25, -0.2) is 0 Å². The maximum atomic E-state index is 6.80. The van der Waals surface area contributed by atoms with E-state index >= 15 is 0 Å². The van der Waals surface area contributed by atoms with E-state index < -0.39 is 0 Å². The van der Waals surface area contributed by atoms with Crippen LogP contribution in [0, 0.1) is 11.8 Å². The van der Waals surface area contributed by atoms with Crippen molar-refractivity contribution in [3.63, 3.8) is 0 Å². The van der Waals surface area contributed by atoms with Gasteiger partial charge < -0.3 is 0 Å². The van der Waals surface area contributed by atoms with Crippen LogP contribution in [-0.4, -0.2) is 5.71 Å². The Morgan fingerprint density at radius 3 is 2.10 bits per heavy atom. The number of halogens is 1. The summed E-state index contributed by atoms with van der Waals surface area (Å²) in [5.41, 5.74) is 12.1. The second kappa shape index (κ2) is 15.8. The Kier molecular flexibility index (Phi) is 9.82. The fourth-order valence-corrected chi connectivity index (χ4v) is 11.5. The third-order valence-corrected chi connectivity index (χ3v) is 14.7. The van der Waals surface area contributed by atoms with E-state index in [0.717, 1.165) is 42.5 Å². The highest BCUT2D eigenvalue weighted by molar-refractivity contribution is 6.35. The lowest BCUT2D eigenvalue weighted by Crippen LogP contribution is -2.28. The summed E-state index contributed by atoms with van der Waals surface area (Å²) in [6, 6.07) is 66.0. The normalized spacial score (nSPS) is 21.3. The van der Waals surface area contributed by atoms with Crippen LogP contribution in [0.15, 0.2) is 181 Å². The molecule has 1 heterocycles. The van der Waals surface area contributed by atoms with Crippen LogP contribution in [0.4, 0.5) is 0 Å². The lowest BCUT2D eigenvalue weighted by molar-refractivity contribution is 0.362. The molecule has 1 nitrogen and oxygen atoms in total. The fraction of sp³-hybridized carbons (Fsp3) is 0.203. The first kappa shape index (κ1) is 37.9. The van der Waals surface area contributed by atoms with Crippen molar-refractivity contribution < 1.29 is 0 Å². The summed E-state index contributed by atoms with van der Waals surface area (Å²) in [5.74, 6) is 1.22. The Balaban J connectivity index is 1.07. The zero-order chi connectivity index (χ0) is 41.0. The van der Waals surface area contributed by atoms with Gasteiger partial charge in [0.15, 0.2) is 0 Å². The minimum absolute atomic E-state index is 0.0869. The molecule has 0 N–H and O–H groups in total. The Labute approximate surface area is 364 Å². The number of hydrogen-bond donors (Lipinski definition) is 0. The lowest BCUT2D eigenvalue weighted by atomic mass is 9.72. The Hall–Kier alpha value is -6.02. The molecule has 0 saturated heterocycles. The van der Waals surface area contributed by atoms with Crippen LogP contribution in [0.25, 0.3) is 54.2 Å². The van der Waals surface area contributed by atoms with Gasteiger partial charge in [-0.1, -0.05) is 189 Å². The average molecular weight is 809 g/mol. The maximum absolute atomic E-state index is 6.80. The van der Waals surface area contributed by atoms with E-state index in [1.54, 1.807) is 0 Å². The van der Waals surface area contributed by atoms with Crippen molar-refractivity contribution in [2.24, 2.45) is 16.8 Å². The third kappa shape index (κ3) is 6.66. The standard InChI is InChI=1S/C59H50ClN/c1-3-44-46(42-29-32-47-41(35-42)28-27-38-14-7-8-18-45(38)47)31-26-37(2)58(39-15-5-4-6-16-39)61-59(44)54-24-13-22-49-50(21-12-23-51(49)54)53-33-30-43-34-40-17-11-25-57(60)56(40)36-55(43)52-20-10-9-19-48(52)53/h4-25,27-29,32,34-37,44,46,53,58H,3,26,30-31,33H2,1-2H3/b61-59+. The summed E-state index contributed by atoms with van der Waals surface area (Å²) in [4.78, 5) is 6.00. The number of nitrogens with zero attached hydrogens (tertiary/aromatic N) is 1. The molecule has 298 valence electrons. The molecule has 5 atom stereocenters. The summed E-state index contributed by atoms with van der Waals surface area (Å²) in [5, 5.41) is 11.0. The third-order valence-electron chi connectivity index (χ3n) is 14.4. The van der Waals surface area contributed by atoms with E-state index in [2.05, 4.69) is 184 Å². The zero-order valence-electron chi connectivity index (χ0n) is 35.0. The molecule has 1 aliphatic carbocycles. The van der Waals surface area contributed by atoms with E-state index in [0.29, 0.717) is 11.8 Å². The molecular weight excluding hydrogens is 758 g/mol. The van der Waals surface area contributed by atoms with Crippen LogP contribution in [0.5, 0.6) is 0 Å². The largest absolute Gasteiger partial charge is 0.280 e. The molecule has 0 radical (unpaired) electrons. The predicted molar refractivity (Wildman–Crippen MR) is 261 cm³/mol. The van der Waals surface area contributed by atoms with Crippen molar-refractivity contribution in [2.75, 3.05) is 0 Å². The molecular formula is C59H50ClN. The van der Waals surface area contributed by atoms with Gasteiger partial charge >= 0.3 is 0 Å². The number of aliphatic imine (C=N–C) groups is 1. The Bertz CT molecular complexity index is 3140. The van der Waals surface area contributed by atoms with Crippen LogP contribution in [0.2, 0.25) is 5.02 Å². The van der Waals surface area contributed by atoms with E-state index in [9.17, 15) is 0 Å². The molecule has 61 heavy (non-hydrogen) atoms. The minimum Gasteiger partial charge on any atom is -0.280 e. The van der Waals surface area contributed by atoms with Gasteiger partial charge in [0.05, 0.1) is 6.04 Å². The van der Waals surface area contributed by atoms with Crippen LogP contribution in [-0.2, 0) is 6.42 Å². The highest BCUT2D eigenvalue weighted by Gasteiger charge is 2.34. The van der Waals surface area contributed by atoms with Gasteiger partial charge in [0, 0.05) is 33.5 Å². The van der Waals surface area contributed by atoms with Crippen molar-refractivity contribution in [1.82, 2.24) is 0 Å². The molecule has 5 unspecified atom stereocenters. The molecule has 9 aromatic rings. The van der Waals surface area contributed by atoms with Crippen molar-refractivity contribution in [1.29, 1.82) is 0 Å². The van der Waals surface area contributed by atoms with Crippen LogP contribution in [0.1, 0.15) is 90.8 Å². The van der Waals surface area contributed by atoms with Crippen LogP contribution >= 0.6 is 11.6 Å². The van der Waals surface area contributed by atoms with Crippen molar-refractivity contribution in [3.05, 3.63) is 214 Å². The summed E-state index contributed by atoms with van der Waals surface area (Å²) in [6.45, 7) is 4.81. The topological polar surface area (TPSA) is 12.4 Å². The molecule has 0 aromatic heterocycles. The van der Waals surface area contributed by atoms with E-state index in [-0.39, 0.29) is 17.9 Å². The minimum atomic E-state index is 0.0869. The SMILES string of the molecule is CCC1/C(c2cccc3c(C4CCc5cc6cccc(Cl)c6cc5-c5ccccc54)cccc23)=N\C(c2ccccc2)C(C)CCC1c1ccc2c(ccc3ccccc32)c1.